The molecule has 1 aliphatic rings. The summed E-state index contributed by atoms with van der Waals surface area (Å²) in [7, 11) is 0. The first kappa shape index (κ1) is 18.2. The molecule has 0 aliphatic carbocycles. The van der Waals surface area contributed by atoms with Crippen molar-refractivity contribution in [1.29, 1.82) is 5.26 Å². The molecule has 0 amide bonds. The van der Waals surface area contributed by atoms with Gasteiger partial charge in [-0.2, -0.15) is 5.26 Å². The van der Waals surface area contributed by atoms with Crippen molar-refractivity contribution in [2.45, 2.75) is 20.0 Å². The topological polar surface area (TPSA) is 92.7 Å². The number of aliphatic hydroxyl groups excluding tert-OH is 1. The first-order valence-electron chi connectivity index (χ1n) is 8.05. The summed E-state index contributed by atoms with van der Waals surface area (Å²) in [5, 5.41) is 28.8. The molecule has 24 heavy (non-hydrogen) atoms. The molecule has 0 radical (unpaired) electrons. The van der Waals surface area contributed by atoms with Crippen LogP contribution in [-0.2, 0) is 13.1 Å². The zero-order chi connectivity index (χ0) is 17.7. The van der Waals surface area contributed by atoms with Gasteiger partial charge >= 0.3 is 0 Å². The average molecular weight is 332 g/mol. The molecule has 1 saturated heterocycles. The Balaban J connectivity index is 2.27. The molecule has 7 nitrogen and oxygen atoms in total. The molecule has 2 N–H and O–H groups in total. The van der Waals surface area contributed by atoms with Gasteiger partial charge in [0.1, 0.15) is 11.6 Å². The number of hydrogen-bond acceptors (Lipinski definition) is 6. The van der Waals surface area contributed by atoms with Gasteiger partial charge < -0.3 is 10.2 Å². The van der Waals surface area contributed by atoms with Crippen molar-refractivity contribution >= 4 is 0 Å². The van der Waals surface area contributed by atoms with Gasteiger partial charge in [0.25, 0.3) is 5.56 Å². The molecule has 1 aromatic heterocycles. The molecule has 0 aromatic carbocycles. The van der Waals surface area contributed by atoms with Gasteiger partial charge in [0.05, 0.1) is 6.61 Å². The first-order valence-corrected chi connectivity index (χ1v) is 8.05. The number of rotatable bonds is 6. The molecule has 2 heterocycles. The monoisotopic (exact) mass is 332 g/mol. The lowest BCUT2D eigenvalue weighted by molar-refractivity contribution is 0.107. The predicted molar refractivity (Wildman–Crippen MR) is 90.8 cm³/mol. The Kier molecular flexibility index (Phi) is 6.15. The van der Waals surface area contributed by atoms with E-state index in [1.165, 1.54) is 10.6 Å². The van der Waals surface area contributed by atoms with Crippen LogP contribution in [0.15, 0.2) is 17.4 Å². The summed E-state index contributed by atoms with van der Waals surface area (Å²) in [6, 6.07) is 1.96. The number of aromatic nitrogens is 1. The number of pyridine rings is 1. The SMILES string of the molecule is C=CCn1c(O)c(CN2CCN(CCO)CC2)c(C)c(C#N)c1=O. The van der Waals surface area contributed by atoms with Crippen molar-refractivity contribution in [2.75, 3.05) is 39.3 Å². The third kappa shape index (κ3) is 3.67. The van der Waals surface area contributed by atoms with Gasteiger partial charge in [0.2, 0.25) is 0 Å². The second-order valence-electron chi connectivity index (χ2n) is 5.96. The fourth-order valence-electron chi connectivity index (χ4n) is 3.03. The van der Waals surface area contributed by atoms with E-state index in [9.17, 15) is 15.2 Å². The smallest absolute Gasteiger partial charge is 0.271 e. The van der Waals surface area contributed by atoms with E-state index in [-0.39, 0.29) is 24.6 Å². The number of piperazine rings is 1. The number of nitrogens with zero attached hydrogens (tertiary/aromatic N) is 4. The van der Waals surface area contributed by atoms with Crippen molar-refractivity contribution in [3.05, 3.63) is 39.7 Å². The fourth-order valence-corrected chi connectivity index (χ4v) is 3.03. The number of aromatic hydroxyl groups is 1. The van der Waals surface area contributed by atoms with Crippen molar-refractivity contribution in [3.8, 4) is 11.9 Å². The highest BCUT2D eigenvalue weighted by atomic mass is 16.3. The van der Waals surface area contributed by atoms with Crippen LogP contribution in [-0.4, -0.2) is 63.9 Å². The summed E-state index contributed by atoms with van der Waals surface area (Å²) in [6.45, 7) is 10.1. The minimum Gasteiger partial charge on any atom is -0.494 e. The third-order valence-electron chi connectivity index (χ3n) is 4.50. The highest BCUT2D eigenvalue weighted by Gasteiger charge is 2.22. The van der Waals surface area contributed by atoms with E-state index in [1.54, 1.807) is 6.92 Å². The molecule has 0 unspecified atom stereocenters. The second-order valence-corrected chi connectivity index (χ2v) is 5.96. The predicted octanol–water partition coefficient (Wildman–Crippen LogP) is 0.0299. The summed E-state index contributed by atoms with van der Waals surface area (Å²) < 4.78 is 1.19. The molecule has 1 aliphatic heterocycles. The summed E-state index contributed by atoms with van der Waals surface area (Å²) in [4.78, 5) is 16.6. The minimum atomic E-state index is -0.482. The molecule has 130 valence electrons. The fraction of sp³-hybridized carbons (Fsp3) is 0.529. The van der Waals surface area contributed by atoms with Crippen molar-refractivity contribution < 1.29 is 10.2 Å². The standard InChI is InChI=1S/C17H24N4O3/c1-3-4-21-16(23)14(11-18)13(2)15(17(21)24)12-20-7-5-19(6-8-20)9-10-22/h3,22,24H,1,4-10,12H2,2H3. The van der Waals surface area contributed by atoms with Crippen LogP contribution in [0.5, 0.6) is 5.88 Å². The maximum absolute atomic E-state index is 12.3. The van der Waals surface area contributed by atoms with E-state index in [0.29, 0.717) is 24.2 Å². The molecular formula is C17H24N4O3. The van der Waals surface area contributed by atoms with Crippen molar-refractivity contribution in [3.63, 3.8) is 0 Å². The van der Waals surface area contributed by atoms with Gasteiger partial charge in [-0.1, -0.05) is 6.08 Å². The quantitative estimate of drug-likeness (QED) is 0.714. The lowest BCUT2D eigenvalue weighted by atomic mass is 10.0. The summed E-state index contributed by atoms with van der Waals surface area (Å²) in [6.07, 6.45) is 1.52. The summed E-state index contributed by atoms with van der Waals surface area (Å²) in [5.41, 5.74) is 0.745. The number of nitriles is 1. The Bertz CT molecular complexity index is 697. The third-order valence-corrected chi connectivity index (χ3v) is 4.50. The Morgan fingerprint density at radius 2 is 1.92 bits per heavy atom. The lowest BCUT2D eigenvalue weighted by Gasteiger charge is -2.34. The molecular weight excluding hydrogens is 308 g/mol. The van der Waals surface area contributed by atoms with Crippen LogP contribution >= 0.6 is 0 Å². The number of hydrogen-bond donors (Lipinski definition) is 2. The van der Waals surface area contributed by atoms with Crippen LogP contribution in [0.3, 0.4) is 0 Å². The number of aliphatic hydroxyl groups is 1. The molecule has 1 aromatic rings. The normalized spacial score (nSPS) is 16.0. The number of allylic oxidation sites excluding steroid dienone is 1. The van der Waals surface area contributed by atoms with Gasteiger partial charge in [-0.3, -0.25) is 19.2 Å². The van der Waals surface area contributed by atoms with Gasteiger partial charge in [-0.05, 0) is 12.5 Å². The highest BCUT2D eigenvalue weighted by Crippen LogP contribution is 2.24. The average Bonchev–Trinajstić information content (AvgIpc) is 2.58. The Morgan fingerprint density at radius 3 is 2.46 bits per heavy atom. The molecule has 0 saturated carbocycles. The minimum absolute atomic E-state index is 0.0727. The summed E-state index contributed by atoms with van der Waals surface area (Å²) >= 11 is 0. The molecule has 0 bridgehead atoms. The second kappa shape index (κ2) is 8.11. The van der Waals surface area contributed by atoms with Crippen LogP contribution in [0.4, 0.5) is 0 Å². The van der Waals surface area contributed by atoms with Crippen LogP contribution in [0.25, 0.3) is 0 Å². The number of β-amino-alcohol motifs (C(OH)–C–C–N with tert-alkyl or cyclic N) is 1. The lowest BCUT2D eigenvalue weighted by Crippen LogP contribution is -2.46. The first-order chi connectivity index (χ1) is 11.5. The molecule has 7 heteroatoms. The van der Waals surface area contributed by atoms with Crippen molar-refractivity contribution in [1.82, 2.24) is 14.4 Å². The van der Waals surface area contributed by atoms with E-state index in [4.69, 9.17) is 5.11 Å². The molecule has 0 spiro atoms. The molecule has 1 fully saturated rings. The van der Waals surface area contributed by atoms with Gasteiger partial charge in [-0.15, -0.1) is 6.58 Å². The summed E-state index contributed by atoms with van der Waals surface area (Å²) in [5.74, 6) is -0.0887. The van der Waals surface area contributed by atoms with Crippen LogP contribution in [0.2, 0.25) is 0 Å². The van der Waals surface area contributed by atoms with Crippen molar-refractivity contribution in [2.24, 2.45) is 0 Å². The van der Waals surface area contributed by atoms with Gasteiger partial charge in [-0.25, -0.2) is 0 Å². The van der Waals surface area contributed by atoms with Crippen LogP contribution in [0.1, 0.15) is 16.7 Å². The zero-order valence-corrected chi connectivity index (χ0v) is 14.0. The largest absolute Gasteiger partial charge is 0.494 e. The van der Waals surface area contributed by atoms with E-state index < -0.39 is 5.56 Å². The maximum atomic E-state index is 12.3. The Labute approximate surface area is 141 Å². The van der Waals surface area contributed by atoms with Gasteiger partial charge in [0, 0.05) is 51.4 Å². The van der Waals surface area contributed by atoms with E-state index in [2.05, 4.69) is 16.4 Å². The maximum Gasteiger partial charge on any atom is 0.271 e. The van der Waals surface area contributed by atoms with Crippen LogP contribution < -0.4 is 5.56 Å². The molecule has 2 rings (SSSR count). The van der Waals surface area contributed by atoms with E-state index >= 15 is 0 Å². The van der Waals surface area contributed by atoms with Gasteiger partial charge in [0.15, 0.2) is 5.88 Å². The Morgan fingerprint density at radius 1 is 1.29 bits per heavy atom. The molecule has 0 atom stereocenters. The van der Waals surface area contributed by atoms with E-state index in [0.717, 1.165) is 26.2 Å². The highest BCUT2D eigenvalue weighted by molar-refractivity contribution is 5.45. The van der Waals surface area contributed by atoms with Crippen LogP contribution in [0, 0.1) is 18.3 Å². The zero-order valence-electron chi connectivity index (χ0n) is 14.0. The Hall–Kier alpha value is -2.14. The van der Waals surface area contributed by atoms with E-state index in [1.807, 2.05) is 6.07 Å².